The van der Waals surface area contributed by atoms with E-state index in [0.717, 1.165) is 33.4 Å². The van der Waals surface area contributed by atoms with Crippen molar-refractivity contribution in [2.45, 2.75) is 90.9 Å². The van der Waals surface area contributed by atoms with Crippen molar-refractivity contribution in [2.75, 3.05) is 9.80 Å². The Labute approximate surface area is 699 Å². The monoisotopic (exact) mass is 1540 g/mol. The Kier molecular flexibility index (Phi) is 11.3. The van der Waals surface area contributed by atoms with Gasteiger partial charge in [-0.1, -0.05) is 172 Å². The summed E-state index contributed by atoms with van der Waals surface area (Å²) in [6, 6.07) is 56.0. The second-order valence-electron chi connectivity index (χ2n) is 32.7. The van der Waals surface area contributed by atoms with Crippen molar-refractivity contribution < 1.29 is 30.2 Å². The van der Waals surface area contributed by atoms with E-state index in [9.17, 15) is 24.7 Å². The number of hydrogen-bond acceptors (Lipinski definition) is 2. The Morgan fingerprint density at radius 1 is 0.345 bits per heavy atom. The van der Waals surface area contributed by atoms with Gasteiger partial charge in [0.2, 0.25) is 0 Å². The molecule has 0 amide bonds. The van der Waals surface area contributed by atoms with Gasteiger partial charge in [-0.05, 0) is 68.6 Å². The molecule has 18 aromatic rings. The van der Waals surface area contributed by atoms with Crippen molar-refractivity contribution in [3.05, 3.63) is 384 Å². The molecule has 0 saturated carbocycles. The third-order valence-corrected chi connectivity index (χ3v) is 25.0. The summed E-state index contributed by atoms with van der Waals surface area (Å²) in [6.45, 7) is 19.0. The van der Waals surface area contributed by atoms with E-state index in [2.05, 4.69) is 111 Å². The van der Waals surface area contributed by atoms with Crippen molar-refractivity contribution in [2.24, 2.45) is 0 Å². The van der Waals surface area contributed by atoms with Gasteiger partial charge in [0.05, 0.1) is 16.5 Å². The Balaban J connectivity index is 1.02. The van der Waals surface area contributed by atoms with Crippen molar-refractivity contribution in [3.8, 4) is 89.3 Å². The molecular formula is C108H86N4Se. The van der Waals surface area contributed by atoms with Crippen LogP contribution in [0.4, 0.5) is 34.1 Å². The Morgan fingerprint density at radius 3 is 1.27 bits per heavy atom. The number of aromatic nitrogens is 2. The third-order valence-electron chi connectivity index (χ3n) is 22.7. The second kappa shape index (κ2) is 26.1. The SMILES string of the molecule is [2H]c1c([2H])c([2H])c2c(c1[2H])Cc1c-2c2c([2H])c([2H])c([2H])c([2H])c2n1-c1c([2H])c([2H])c2c(c1[2H])N(c1c(-c3ccccc3)cc(C(C)(C)C)cc1-c1cccc(-c3ccccc3)c1)c1cc(C(C)(C)C)cc3c1C2c1c([2H])c([2H])c(-n2c4[se]c5c([2H])c([2H])c([2H])c([2H])c5c4c4c([2H])c([2H])c([2H])c([2H])c42)c([2H])c1N3c1c(-c2ccccc2)cc(C(C)(C)C)cc1-c1cccc(-c2ccccc2)c1. The molecule has 1 unspecified atom stereocenters. The average molecular weight is 1540 g/mol. The summed E-state index contributed by atoms with van der Waals surface area (Å²) in [5, 5.41) is -0.254. The first-order valence-electron chi connectivity index (χ1n) is 49.2. The van der Waals surface area contributed by atoms with Crippen molar-refractivity contribution in [3.63, 3.8) is 0 Å². The molecule has 1 atom stereocenters. The van der Waals surface area contributed by atoms with Crippen LogP contribution < -0.4 is 9.80 Å². The molecule has 3 aromatic heterocycles. The predicted molar refractivity (Wildman–Crippen MR) is 479 cm³/mol. The first-order valence-corrected chi connectivity index (χ1v) is 39.9. The number of fused-ring (bicyclic) bond motifs is 14. The molecule has 0 saturated heterocycles. The molecule has 544 valence electrons. The van der Waals surface area contributed by atoms with E-state index in [1.807, 2.05) is 168 Å². The molecule has 0 N–H and O–H groups in total. The molecule has 4 nitrogen and oxygen atoms in total. The third kappa shape index (κ3) is 11.1. The van der Waals surface area contributed by atoms with Crippen molar-refractivity contribution >= 4 is 89.9 Å². The molecule has 0 bridgehead atoms. The minimum absolute atomic E-state index is 0.00817. The van der Waals surface area contributed by atoms with Crippen LogP contribution in [0.3, 0.4) is 0 Å². The van der Waals surface area contributed by atoms with Gasteiger partial charge in [-0.15, -0.1) is 0 Å². The predicted octanol–water partition coefficient (Wildman–Crippen LogP) is 29.2. The molecule has 2 aliphatic heterocycles. The van der Waals surface area contributed by atoms with Crippen molar-refractivity contribution in [1.82, 2.24) is 9.13 Å². The van der Waals surface area contributed by atoms with Crippen LogP contribution in [0.2, 0.25) is 0 Å². The average Bonchev–Trinajstić information content (AvgIpc) is 1.34. The molecule has 1 aliphatic carbocycles. The Bertz CT molecular complexity index is 8290. The molecule has 113 heavy (non-hydrogen) atoms. The van der Waals surface area contributed by atoms with Crippen LogP contribution in [0.5, 0.6) is 0 Å². The quantitative estimate of drug-likeness (QED) is 0.127. The summed E-state index contributed by atoms with van der Waals surface area (Å²) in [6.07, 6.45) is -0.343. The molecule has 0 radical (unpaired) electrons. The zero-order valence-electron chi connectivity index (χ0n) is 85.6. The fourth-order valence-electron chi connectivity index (χ4n) is 17.1. The molecule has 21 rings (SSSR count). The fourth-order valence-corrected chi connectivity index (χ4v) is 19.5. The van der Waals surface area contributed by atoms with E-state index >= 15 is 0 Å². The maximum atomic E-state index is 12.1. The van der Waals surface area contributed by atoms with E-state index in [0.29, 0.717) is 78.4 Å². The summed E-state index contributed by atoms with van der Waals surface area (Å²) in [5.41, 5.74) is 9.77. The number of hydrogen-bond donors (Lipinski definition) is 0. The van der Waals surface area contributed by atoms with Gasteiger partial charge in [-0.25, -0.2) is 0 Å². The standard InChI is InChI=1S/C108H86N4Se/c1-106(2,3)76-59-87(69-36-18-12-19-37-69)103(89(61-76)73-43-30-41-71(56-73)67-32-14-10-15-33-67)111-93-65-79(109-91-49-27-24-46-82(91)99-81-45-23-22-40-75(81)58-95(99)109)52-54-84(93)100-85-55-53-80(110-92-50-28-25-47-83(92)101-86-48-26-29-51-98(86)113-105(101)110)66-94(85)112(97-64-78(108(7,8)9)63-96(111)102(97)100)104-88(70-38-20-13-21-39-70)60-77(107(4,5)6)62-90(104)74-44-31-42-72(57-74)68-34-16-11-17-35-68/h10-57,59-66,100H,58H2,1-9H3/i22D,23D,24D,25D,26D,27D,28D,29D,40D,45D,46D,47D,48D,49D,50D,51D,52D,53D,54D,55D,65D,66D. The maximum absolute atomic E-state index is 12.1. The second-order valence-corrected chi connectivity index (χ2v) is 34.8. The summed E-state index contributed by atoms with van der Waals surface area (Å²) in [4.78, 5) is 3.98. The first-order chi connectivity index (χ1) is 64.1. The molecule has 0 spiro atoms. The van der Waals surface area contributed by atoms with Gasteiger partial charge < -0.3 is 0 Å². The number of anilines is 6. The first kappa shape index (κ1) is 49.0. The van der Waals surface area contributed by atoms with Crippen LogP contribution in [0, 0.1) is 0 Å². The summed E-state index contributed by atoms with van der Waals surface area (Å²) in [5.74, 6) is -1.61. The zero-order valence-corrected chi connectivity index (χ0v) is 65.3. The van der Waals surface area contributed by atoms with Crippen molar-refractivity contribution in [1.29, 1.82) is 0 Å². The van der Waals surface area contributed by atoms with Gasteiger partial charge >= 0.3 is 423 Å². The van der Waals surface area contributed by atoms with Gasteiger partial charge in [0.1, 0.15) is 0 Å². The fraction of sp³-hybridized carbons (Fsp3) is 0.130. The molecule has 3 aliphatic rings. The summed E-state index contributed by atoms with van der Waals surface area (Å²) in [7, 11) is 0. The van der Waals surface area contributed by atoms with Crippen LogP contribution in [0.1, 0.15) is 143 Å². The van der Waals surface area contributed by atoms with Crippen LogP contribution in [-0.2, 0) is 22.7 Å². The van der Waals surface area contributed by atoms with Crippen LogP contribution in [-0.4, -0.2) is 23.6 Å². The number of nitrogens with zero attached hydrogens (tertiary/aromatic N) is 4. The molecule has 0 fully saturated rings. The number of benzene rings is 15. The molecule has 5 heterocycles. The van der Waals surface area contributed by atoms with Gasteiger partial charge in [0.25, 0.3) is 0 Å². The van der Waals surface area contributed by atoms with Crippen LogP contribution >= 0.6 is 0 Å². The Hall–Kier alpha value is -12.5. The van der Waals surface area contributed by atoms with Gasteiger partial charge in [-0.2, -0.15) is 0 Å². The van der Waals surface area contributed by atoms with Crippen LogP contribution in [0.15, 0.2) is 339 Å². The topological polar surface area (TPSA) is 16.3 Å². The van der Waals surface area contributed by atoms with E-state index in [-0.39, 0.29) is 110 Å². The van der Waals surface area contributed by atoms with Crippen LogP contribution in [0.25, 0.3) is 130 Å². The van der Waals surface area contributed by atoms with E-state index in [1.165, 1.54) is 9.13 Å². The summed E-state index contributed by atoms with van der Waals surface area (Å²) >= 11 is -1.24. The molecule has 5 heteroatoms. The van der Waals surface area contributed by atoms with Gasteiger partial charge in [0, 0.05) is 23.1 Å². The van der Waals surface area contributed by atoms with E-state index < -0.39 is 164 Å². The zero-order chi connectivity index (χ0) is 95.5. The number of rotatable bonds is 10. The molecular weight excluding hydrogens is 1430 g/mol. The summed E-state index contributed by atoms with van der Waals surface area (Å²) < 4.78 is 226. The van der Waals surface area contributed by atoms with E-state index in [4.69, 9.17) is 5.48 Å². The number of para-hydroxylation sites is 2. The van der Waals surface area contributed by atoms with E-state index in [1.54, 1.807) is 0 Å². The molecule has 15 aromatic carbocycles. The minimum atomic E-state index is -1.61. The van der Waals surface area contributed by atoms with Gasteiger partial charge in [-0.3, -0.25) is 0 Å². The van der Waals surface area contributed by atoms with Gasteiger partial charge in [0.15, 0.2) is 0 Å². The normalized spacial score (nSPS) is 16.5. The Morgan fingerprint density at radius 2 is 0.752 bits per heavy atom.